The average Bonchev–Trinajstić information content (AvgIpc) is 2.74. The molecule has 0 saturated heterocycles. The van der Waals surface area contributed by atoms with E-state index in [4.69, 9.17) is 18.9 Å². The Bertz CT molecular complexity index is 1140. The number of nitrogens with one attached hydrogen (secondary N) is 2. The van der Waals surface area contributed by atoms with Crippen LogP contribution in [-0.2, 0) is 38.1 Å². The summed E-state index contributed by atoms with van der Waals surface area (Å²) in [6.07, 6.45) is -3.06. The van der Waals surface area contributed by atoms with Crippen molar-refractivity contribution in [1.29, 1.82) is 0 Å². The number of carbonyl (C=O) groups excluding carboxylic acids is 4. The number of carbonyl (C=O) groups is 4. The zero-order chi connectivity index (χ0) is 25.3. The number of nitrogens with zero attached hydrogens (tertiary/aromatic N) is 2. The minimum absolute atomic E-state index is 0.0120. The van der Waals surface area contributed by atoms with Gasteiger partial charge in [0.15, 0.2) is 18.3 Å². The summed E-state index contributed by atoms with van der Waals surface area (Å²) >= 11 is 0. The molecular weight excluding hydrogens is 452 g/mol. The summed E-state index contributed by atoms with van der Waals surface area (Å²) in [7, 11) is 0. The van der Waals surface area contributed by atoms with E-state index in [-0.39, 0.29) is 5.95 Å². The van der Waals surface area contributed by atoms with Gasteiger partial charge in [0, 0.05) is 27.7 Å². The molecule has 2 aromatic rings. The average molecular weight is 476 g/mol. The third-order valence-electron chi connectivity index (χ3n) is 4.07. The molecule has 34 heavy (non-hydrogen) atoms. The predicted octanol–water partition coefficient (Wildman–Crippen LogP) is 0.679. The van der Waals surface area contributed by atoms with Gasteiger partial charge < -0.3 is 18.9 Å². The van der Waals surface area contributed by atoms with Crippen LogP contribution < -0.4 is 11.0 Å². The number of para-hydroxylation sites is 1. The van der Waals surface area contributed by atoms with Crippen LogP contribution in [0.15, 0.2) is 34.2 Å². The number of fused-ring (bicyclic) bond motifs is 1. The highest BCUT2D eigenvalue weighted by atomic mass is 16.6. The summed E-state index contributed by atoms with van der Waals surface area (Å²) in [6, 6.07) is 6.64. The maximum atomic E-state index is 12.2. The fourth-order valence-corrected chi connectivity index (χ4v) is 2.84. The van der Waals surface area contributed by atoms with Gasteiger partial charge >= 0.3 is 23.9 Å². The monoisotopic (exact) mass is 476 g/mol. The van der Waals surface area contributed by atoms with Gasteiger partial charge in [-0.3, -0.25) is 29.0 Å². The molecule has 13 nitrogen and oxygen atoms in total. The van der Waals surface area contributed by atoms with Crippen molar-refractivity contribution >= 4 is 46.9 Å². The Balaban J connectivity index is 2.34. The lowest BCUT2D eigenvalue weighted by molar-refractivity contribution is -0.183. The molecule has 0 radical (unpaired) electrons. The molecule has 182 valence electrons. The Morgan fingerprint density at radius 2 is 1.65 bits per heavy atom. The Morgan fingerprint density at radius 1 is 1.00 bits per heavy atom. The van der Waals surface area contributed by atoms with Gasteiger partial charge in [0.05, 0.1) is 17.1 Å². The predicted molar refractivity (Wildman–Crippen MR) is 118 cm³/mol. The highest BCUT2D eigenvalue weighted by molar-refractivity contribution is 5.78. The zero-order valence-electron chi connectivity index (χ0n) is 18.9. The number of anilines is 1. The van der Waals surface area contributed by atoms with Crippen LogP contribution in [-0.4, -0.2) is 65.0 Å². The lowest BCUT2D eigenvalue weighted by Crippen LogP contribution is -2.48. The molecule has 1 aromatic carbocycles. The van der Waals surface area contributed by atoms with Crippen molar-refractivity contribution < 1.29 is 38.1 Å². The maximum Gasteiger partial charge on any atom is 0.303 e. The van der Waals surface area contributed by atoms with E-state index in [1.807, 2.05) is 0 Å². The van der Waals surface area contributed by atoms with Crippen LogP contribution in [0, 0.1) is 0 Å². The van der Waals surface area contributed by atoms with Crippen molar-refractivity contribution in [2.24, 2.45) is 5.10 Å². The summed E-state index contributed by atoms with van der Waals surface area (Å²) in [6.45, 7) is 3.95. The second kappa shape index (κ2) is 12.1. The summed E-state index contributed by atoms with van der Waals surface area (Å²) in [5.74, 6) is -3.00. The number of hydrazone groups is 1. The minimum atomic E-state index is -1.42. The van der Waals surface area contributed by atoms with Crippen molar-refractivity contribution in [2.45, 2.75) is 46.0 Å². The molecule has 3 atom stereocenters. The first-order chi connectivity index (χ1) is 16.1. The largest absolute Gasteiger partial charge is 0.462 e. The van der Waals surface area contributed by atoms with Gasteiger partial charge in [0.1, 0.15) is 6.61 Å². The second-order valence-corrected chi connectivity index (χ2v) is 6.92. The molecule has 2 N–H and O–H groups in total. The van der Waals surface area contributed by atoms with E-state index in [2.05, 4.69) is 20.5 Å². The fraction of sp³-hybridized carbons (Fsp3) is 0.381. The van der Waals surface area contributed by atoms with Gasteiger partial charge in [0.2, 0.25) is 5.95 Å². The van der Waals surface area contributed by atoms with Crippen LogP contribution >= 0.6 is 0 Å². The zero-order valence-corrected chi connectivity index (χ0v) is 18.9. The smallest absolute Gasteiger partial charge is 0.303 e. The van der Waals surface area contributed by atoms with Crippen molar-refractivity contribution in [2.75, 3.05) is 12.0 Å². The molecule has 0 amide bonds. The molecule has 1 heterocycles. The normalized spacial score (nSPS) is 13.5. The molecule has 0 aliphatic carbocycles. The highest BCUT2D eigenvalue weighted by Crippen LogP contribution is 2.15. The van der Waals surface area contributed by atoms with Crippen molar-refractivity contribution in [1.82, 2.24) is 9.97 Å². The highest BCUT2D eigenvalue weighted by Gasteiger charge is 2.37. The van der Waals surface area contributed by atoms with Crippen LogP contribution in [0.25, 0.3) is 10.9 Å². The summed E-state index contributed by atoms with van der Waals surface area (Å²) in [5.41, 5.74) is 2.50. The quantitative estimate of drug-likeness (QED) is 0.213. The third kappa shape index (κ3) is 8.00. The lowest BCUT2D eigenvalue weighted by Gasteiger charge is -2.29. The van der Waals surface area contributed by atoms with Gasteiger partial charge in [-0.05, 0) is 12.1 Å². The first-order valence-corrected chi connectivity index (χ1v) is 10.00. The molecule has 13 heteroatoms. The van der Waals surface area contributed by atoms with E-state index < -0.39 is 54.4 Å². The van der Waals surface area contributed by atoms with Crippen LogP contribution in [0.3, 0.4) is 0 Å². The van der Waals surface area contributed by atoms with Crippen LogP contribution in [0.1, 0.15) is 27.7 Å². The van der Waals surface area contributed by atoms with E-state index in [1.165, 1.54) is 0 Å². The van der Waals surface area contributed by atoms with Crippen molar-refractivity contribution in [3.63, 3.8) is 0 Å². The third-order valence-corrected chi connectivity index (χ3v) is 4.07. The van der Waals surface area contributed by atoms with Crippen LogP contribution in [0.5, 0.6) is 0 Å². The number of aromatic amines is 1. The number of H-pyrrole nitrogens is 1. The van der Waals surface area contributed by atoms with E-state index in [0.29, 0.717) is 10.9 Å². The second-order valence-electron chi connectivity index (χ2n) is 6.92. The lowest BCUT2D eigenvalue weighted by atomic mass is 10.1. The number of rotatable bonds is 10. The SMILES string of the molecule is CC(=O)OCC(OC(C)=O)C(OC(C)=O)C(/C=N\Nc1nc2ccccc2c(=O)[nH]1)OC(C)=O. The Kier molecular flexibility index (Phi) is 9.23. The van der Waals surface area contributed by atoms with Gasteiger partial charge in [0.25, 0.3) is 5.56 Å². The molecule has 0 aliphatic heterocycles. The van der Waals surface area contributed by atoms with Crippen LogP contribution in [0.2, 0.25) is 0 Å². The number of ether oxygens (including phenoxy) is 4. The van der Waals surface area contributed by atoms with Gasteiger partial charge in [-0.1, -0.05) is 12.1 Å². The topological polar surface area (TPSA) is 175 Å². The van der Waals surface area contributed by atoms with Gasteiger partial charge in [-0.2, -0.15) is 5.10 Å². The van der Waals surface area contributed by atoms with Gasteiger partial charge in [-0.15, -0.1) is 0 Å². The van der Waals surface area contributed by atoms with E-state index in [1.54, 1.807) is 24.3 Å². The number of esters is 4. The standard InChI is InChI=1S/C21H24N4O9/c1-11(26)31-10-18(33-13(3)28)19(34-14(4)29)17(32-12(2)27)9-22-25-21-23-16-8-6-5-7-15(16)20(30)24-21/h5-9,17-19H,10H2,1-4H3,(H2,23,24,25,30)/b22-9-. The molecule has 0 spiro atoms. The van der Waals surface area contributed by atoms with Crippen LogP contribution in [0.4, 0.5) is 5.95 Å². The Hall–Kier alpha value is -4.29. The minimum Gasteiger partial charge on any atom is -0.462 e. The first kappa shape index (κ1) is 26.0. The molecule has 0 aliphatic rings. The number of hydrogen-bond acceptors (Lipinski definition) is 12. The first-order valence-electron chi connectivity index (χ1n) is 10.00. The number of hydrogen-bond donors (Lipinski definition) is 2. The summed E-state index contributed by atoms with van der Waals surface area (Å²) in [5, 5.41) is 4.28. The molecule has 3 unspecified atom stereocenters. The fourth-order valence-electron chi connectivity index (χ4n) is 2.84. The molecule has 1 aromatic heterocycles. The number of benzene rings is 1. The molecule has 0 bridgehead atoms. The van der Waals surface area contributed by atoms with E-state index in [0.717, 1.165) is 33.9 Å². The summed E-state index contributed by atoms with van der Waals surface area (Å²) in [4.78, 5) is 65.1. The van der Waals surface area contributed by atoms with E-state index in [9.17, 15) is 24.0 Å². The Morgan fingerprint density at radius 3 is 2.26 bits per heavy atom. The summed E-state index contributed by atoms with van der Waals surface area (Å²) < 4.78 is 20.4. The van der Waals surface area contributed by atoms with Gasteiger partial charge in [-0.25, -0.2) is 10.4 Å². The molecule has 0 saturated carbocycles. The molecule has 0 fully saturated rings. The van der Waals surface area contributed by atoms with E-state index >= 15 is 0 Å². The molecular formula is C21H24N4O9. The maximum absolute atomic E-state index is 12.2. The van der Waals surface area contributed by atoms with Crippen molar-refractivity contribution in [3.8, 4) is 0 Å². The van der Waals surface area contributed by atoms with Crippen molar-refractivity contribution in [3.05, 3.63) is 34.6 Å². The molecule has 2 rings (SSSR count). The number of aromatic nitrogens is 2. The Labute approximate surface area is 193 Å².